The molecule has 3 rings (SSSR count). The predicted octanol–water partition coefficient (Wildman–Crippen LogP) is 7.48. The molecule has 0 aliphatic heterocycles. The molecular weight excluding hydrogens is 408 g/mol. The van der Waals surface area contributed by atoms with Crippen molar-refractivity contribution >= 4 is 17.1 Å². The van der Waals surface area contributed by atoms with E-state index in [0.29, 0.717) is 6.42 Å². The maximum absolute atomic E-state index is 14.8. The molecule has 2 aliphatic rings. The Morgan fingerprint density at radius 2 is 1.55 bits per heavy atom. The molecule has 0 bridgehead atoms. The second-order valence-corrected chi connectivity index (χ2v) is 9.10. The van der Waals surface area contributed by atoms with Gasteiger partial charge in [-0.2, -0.15) is 0 Å². The van der Waals surface area contributed by atoms with Gasteiger partial charge in [0.05, 0.1) is 7.11 Å². The molecule has 0 amide bonds. The highest BCUT2D eigenvalue weighted by molar-refractivity contribution is 6.18. The number of carbonyl (C=O) groups is 2. The minimum Gasteiger partial charge on any atom is -0.500 e. The van der Waals surface area contributed by atoms with Crippen molar-refractivity contribution in [1.82, 2.24) is 0 Å². The van der Waals surface area contributed by atoms with Gasteiger partial charge in [-0.05, 0) is 66.4 Å². The van der Waals surface area contributed by atoms with Gasteiger partial charge >= 0.3 is 0 Å². The van der Waals surface area contributed by atoms with Crippen molar-refractivity contribution < 1.29 is 14.3 Å². The van der Waals surface area contributed by atoms with Crippen LogP contribution in [0.3, 0.4) is 0 Å². The van der Waals surface area contributed by atoms with E-state index in [0.717, 1.165) is 60.1 Å². The minimum atomic E-state index is -1.06. The molecule has 0 spiro atoms. The van der Waals surface area contributed by atoms with Gasteiger partial charge in [0.25, 0.3) is 0 Å². The van der Waals surface area contributed by atoms with Crippen molar-refractivity contribution in [2.45, 2.75) is 80.1 Å². The lowest BCUT2D eigenvalue weighted by molar-refractivity contribution is -0.140. The van der Waals surface area contributed by atoms with E-state index in [1.165, 1.54) is 11.1 Å². The fraction of sp³-hybridized carbons (Fsp3) is 0.533. The first-order valence-electron chi connectivity index (χ1n) is 12.8. The third-order valence-electron chi connectivity index (χ3n) is 7.97. The van der Waals surface area contributed by atoms with Gasteiger partial charge < -0.3 is 4.74 Å². The summed E-state index contributed by atoms with van der Waals surface area (Å²) in [5, 5.41) is 0. The number of benzene rings is 1. The maximum atomic E-state index is 14.8. The molecule has 0 saturated heterocycles. The highest BCUT2D eigenvalue weighted by Crippen LogP contribution is 2.55. The number of ketones is 2. The van der Waals surface area contributed by atoms with E-state index in [9.17, 15) is 9.59 Å². The molecule has 0 aromatic heterocycles. The summed E-state index contributed by atoms with van der Waals surface area (Å²) in [4.78, 5) is 28.8. The Hall–Kier alpha value is -2.42. The normalized spacial score (nSPS) is 25.5. The zero-order valence-corrected chi connectivity index (χ0v) is 21.5. The van der Waals surface area contributed by atoms with Crippen LogP contribution in [0.15, 0.2) is 58.4 Å². The Morgan fingerprint density at radius 3 is 2.00 bits per heavy atom. The van der Waals surface area contributed by atoms with Crippen molar-refractivity contribution in [2.24, 2.45) is 17.3 Å². The lowest BCUT2D eigenvalue weighted by Gasteiger charge is -2.33. The van der Waals surface area contributed by atoms with E-state index < -0.39 is 11.3 Å². The topological polar surface area (TPSA) is 43.4 Å². The van der Waals surface area contributed by atoms with Gasteiger partial charge in [0, 0.05) is 5.92 Å². The number of rotatable bonds is 10. The second kappa shape index (κ2) is 10.2. The van der Waals surface area contributed by atoms with E-state index in [4.69, 9.17) is 4.74 Å². The molecule has 0 fully saturated rings. The van der Waals surface area contributed by atoms with Crippen LogP contribution in [-0.2, 0) is 14.3 Å². The third-order valence-corrected chi connectivity index (χ3v) is 7.97. The number of hydrogen-bond acceptors (Lipinski definition) is 3. The summed E-state index contributed by atoms with van der Waals surface area (Å²) in [7, 11) is 1.67. The molecule has 1 aromatic carbocycles. The molecule has 3 nitrogen and oxygen atoms in total. The first-order valence-corrected chi connectivity index (χ1v) is 12.8. The van der Waals surface area contributed by atoms with Crippen LogP contribution in [0, 0.1) is 17.3 Å². The first-order chi connectivity index (χ1) is 15.9. The summed E-state index contributed by atoms with van der Waals surface area (Å²) in [6.07, 6.45) is 4.43. The van der Waals surface area contributed by atoms with Crippen LogP contribution < -0.4 is 0 Å². The molecule has 3 unspecified atom stereocenters. The molecule has 0 heterocycles. The Balaban J connectivity index is 2.31. The number of allylic oxidation sites excluding steroid dienone is 5. The Kier molecular flexibility index (Phi) is 7.82. The number of methoxy groups -OCH3 is 1. The molecular formula is C30H40O3. The van der Waals surface area contributed by atoms with Crippen LogP contribution >= 0.6 is 0 Å². The number of ether oxygens (including phenoxy) is 1. The van der Waals surface area contributed by atoms with Gasteiger partial charge in [-0.1, -0.05) is 77.4 Å². The summed E-state index contributed by atoms with van der Waals surface area (Å²) in [5.74, 6) is 0.176. The van der Waals surface area contributed by atoms with Crippen LogP contribution in [0.5, 0.6) is 0 Å². The standard InChI is InChI=1S/C30H40O3/c1-8-20-23(11-4)28(31)30(13-6,24(20)12-5)29(32)26-25(19-17-15-14-16-18-19)21(9-2)22(10-3)27(26)33-7/h14-18,23,26H,8-13H2,1-7H3. The van der Waals surface area contributed by atoms with Gasteiger partial charge in [0.15, 0.2) is 11.6 Å². The molecule has 2 aliphatic carbocycles. The van der Waals surface area contributed by atoms with E-state index in [2.05, 4.69) is 46.8 Å². The maximum Gasteiger partial charge on any atom is 0.165 e. The van der Waals surface area contributed by atoms with E-state index >= 15 is 0 Å². The predicted molar refractivity (Wildman–Crippen MR) is 136 cm³/mol. The Bertz CT molecular complexity index is 1010. The van der Waals surface area contributed by atoms with Gasteiger partial charge in [0.1, 0.15) is 17.1 Å². The number of carbonyl (C=O) groups excluding carboxylic acids is 2. The van der Waals surface area contributed by atoms with Gasteiger partial charge in [0.2, 0.25) is 0 Å². The van der Waals surface area contributed by atoms with Crippen molar-refractivity contribution in [3.8, 4) is 0 Å². The molecule has 178 valence electrons. The highest BCUT2D eigenvalue weighted by atomic mass is 16.5. The molecule has 3 heteroatoms. The lowest BCUT2D eigenvalue weighted by atomic mass is 9.66. The van der Waals surface area contributed by atoms with Crippen molar-refractivity contribution in [1.29, 1.82) is 0 Å². The van der Waals surface area contributed by atoms with Crippen LogP contribution in [0.1, 0.15) is 85.6 Å². The molecule has 33 heavy (non-hydrogen) atoms. The number of Topliss-reactive ketones (excluding diaryl/α,β-unsaturated/α-hetero) is 2. The van der Waals surface area contributed by atoms with Gasteiger partial charge in [-0.15, -0.1) is 0 Å². The highest BCUT2D eigenvalue weighted by Gasteiger charge is 2.58. The fourth-order valence-electron chi connectivity index (χ4n) is 6.62. The van der Waals surface area contributed by atoms with Crippen LogP contribution in [0.2, 0.25) is 0 Å². The van der Waals surface area contributed by atoms with Crippen molar-refractivity contribution in [3.63, 3.8) is 0 Å². The molecule has 0 saturated carbocycles. The van der Waals surface area contributed by atoms with Crippen molar-refractivity contribution in [3.05, 3.63) is 63.9 Å². The summed E-state index contributed by atoms with van der Waals surface area (Å²) in [6.45, 7) is 12.6. The molecule has 3 atom stereocenters. The molecule has 0 N–H and O–H groups in total. The summed E-state index contributed by atoms with van der Waals surface area (Å²) in [5.41, 5.74) is 5.60. The molecule has 1 aromatic rings. The largest absolute Gasteiger partial charge is 0.500 e. The lowest BCUT2D eigenvalue weighted by Crippen LogP contribution is -2.43. The van der Waals surface area contributed by atoms with E-state index in [-0.39, 0.29) is 17.5 Å². The molecule has 0 radical (unpaired) electrons. The minimum absolute atomic E-state index is 0.0128. The van der Waals surface area contributed by atoms with Crippen LogP contribution in [-0.4, -0.2) is 18.7 Å². The summed E-state index contributed by atoms with van der Waals surface area (Å²) in [6, 6.07) is 10.2. The van der Waals surface area contributed by atoms with Crippen molar-refractivity contribution in [2.75, 3.05) is 7.11 Å². The summed E-state index contributed by atoms with van der Waals surface area (Å²) >= 11 is 0. The van der Waals surface area contributed by atoms with Crippen LogP contribution in [0.25, 0.3) is 5.57 Å². The zero-order valence-electron chi connectivity index (χ0n) is 21.5. The zero-order chi connectivity index (χ0) is 24.3. The quantitative estimate of drug-likeness (QED) is 0.275. The Morgan fingerprint density at radius 1 is 0.909 bits per heavy atom. The third kappa shape index (κ3) is 3.64. The first kappa shape index (κ1) is 25.2. The number of hydrogen-bond donors (Lipinski definition) is 0. The van der Waals surface area contributed by atoms with Crippen LogP contribution in [0.4, 0.5) is 0 Å². The summed E-state index contributed by atoms with van der Waals surface area (Å²) < 4.78 is 5.98. The fourth-order valence-corrected chi connectivity index (χ4v) is 6.62. The SMILES string of the molecule is CCC1=C(OC)C(C(=O)C2(CC)C(=O)C(CC)C(CC)=C2CC)C(c2ccccc2)=C1CC. The average Bonchev–Trinajstić information content (AvgIpc) is 3.31. The second-order valence-electron chi connectivity index (χ2n) is 9.10. The monoisotopic (exact) mass is 448 g/mol. The van der Waals surface area contributed by atoms with Gasteiger partial charge in [-0.3, -0.25) is 9.59 Å². The Labute approximate surface area is 200 Å². The van der Waals surface area contributed by atoms with E-state index in [1.54, 1.807) is 7.11 Å². The smallest absolute Gasteiger partial charge is 0.165 e. The van der Waals surface area contributed by atoms with Gasteiger partial charge in [-0.25, -0.2) is 0 Å². The average molecular weight is 449 g/mol. The van der Waals surface area contributed by atoms with E-state index in [1.807, 2.05) is 25.1 Å².